The van der Waals surface area contributed by atoms with Crippen LogP contribution in [0.25, 0.3) is 0 Å². The van der Waals surface area contributed by atoms with Crippen molar-refractivity contribution < 1.29 is 14.3 Å². The fraction of sp³-hybridized carbons (Fsp3) is 0.667. The molecule has 2 amide bonds. The largest absolute Gasteiger partial charge is 0.450 e. The number of hydrogen-bond donors (Lipinski definition) is 2. The van der Waals surface area contributed by atoms with Crippen molar-refractivity contribution in [1.82, 2.24) is 20.2 Å². The number of anilines is 1. The Morgan fingerprint density at radius 1 is 1.19 bits per heavy atom. The lowest BCUT2D eigenvalue weighted by Gasteiger charge is -2.31. The molecule has 2 rings (SSSR count). The molecular formula is C18H29N5O3. The molecule has 1 saturated heterocycles. The normalized spacial score (nSPS) is 14.8. The predicted molar refractivity (Wildman–Crippen MR) is 99.1 cm³/mol. The average molecular weight is 363 g/mol. The van der Waals surface area contributed by atoms with Crippen LogP contribution in [-0.4, -0.2) is 59.2 Å². The highest BCUT2D eigenvalue weighted by atomic mass is 16.6. The van der Waals surface area contributed by atoms with Gasteiger partial charge in [-0.1, -0.05) is 19.8 Å². The molecular weight excluding hydrogens is 334 g/mol. The first-order valence-electron chi connectivity index (χ1n) is 9.42. The van der Waals surface area contributed by atoms with Gasteiger partial charge in [0.1, 0.15) is 11.5 Å². The number of amides is 2. The fourth-order valence-electron chi connectivity index (χ4n) is 2.81. The SMILES string of the molecule is CCCCCNc1cnc(C(=O)NC2CCN(C(=O)OCC)CC2)cn1. The monoisotopic (exact) mass is 363 g/mol. The summed E-state index contributed by atoms with van der Waals surface area (Å²) in [6.07, 6.45) is 7.64. The summed E-state index contributed by atoms with van der Waals surface area (Å²) in [5.41, 5.74) is 0.303. The van der Waals surface area contributed by atoms with Crippen LogP contribution in [0.3, 0.4) is 0 Å². The molecule has 0 saturated carbocycles. The predicted octanol–water partition coefficient (Wildman–Crippen LogP) is 2.43. The molecule has 0 unspecified atom stereocenters. The Kier molecular flexibility index (Phi) is 8.11. The van der Waals surface area contributed by atoms with Crippen LogP contribution in [0, 0.1) is 0 Å². The van der Waals surface area contributed by atoms with Gasteiger partial charge < -0.3 is 20.3 Å². The van der Waals surface area contributed by atoms with Crippen LogP contribution in [0.4, 0.5) is 10.6 Å². The summed E-state index contributed by atoms with van der Waals surface area (Å²) < 4.78 is 5.00. The molecule has 144 valence electrons. The number of unbranched alkanes of at least 4 members (excludes halogenated alkanes) is 2. The number of nitrogens with one attached hydrogen (secondary N) is 2. The van der Waals surface area contributed by atoms with Crippen molar-refractivity contribution in [3.63, 3.8) is 0 Å². The van der Waals surface area contributed by atoms with Crippen molar-refractivity contribution in [2.45, 2.75) is 52.0 Å². The van der Waals surface area contributed by atoms with Gasteiger partial charge in [-0.05, 0) is 26.2 Å². The van der Waals surface area contributed by atoms with Crippen molar-refractivity contribution in [3.05, 3.63) is 18.1 Å². The number of piperidine rings is 1. The molecule has 0 spiro atoms. The second kappa shape index (κ2) is 10.6. The molecule has 8 nitrogen and oxygen atoms in total. The summed E-state index contributed by atoms with van der Waals surface area (Å²) >= 11 is 0. The Balaban J connectivity index is 1.75. The minimum Gasteiger partial charge on any atom is -0.450 e. The van der Waals surface area contributed by atoms with E-state index in [4.69, 9.17) is 4.74 Å². The van der Waals surface area contributed by atoms with Crippen LogP contribution in [-0.2, 0) is 4.74 Å². The molecule has 0 aromatic carbocycles. The second-order valence-electron chi connectivity index (χ2n) is 6.35. The second-order valence-corrected chi connectivity index (χ2v) is 6.35. The number of ether oxygens (including phenoxy) is 1. The lowest BCUT2D eigenvalue weighted by Crippen LogP contribution is -2.46. The molecule has 1 aromatic rings. The zero-order valence-corrected chi connectivity index (χ0v) is 15.7. The topological polar surface area (TPSA) is 96.5 Å². The third kappa shape index (κ3) is 6.16. The van der Waals surface area contributed by atoms with Gasteiger partial charge in [-0.15, -0.1) is 0 Å². The highest BCUT2D eigenvalue weighted by Crippen LogP contribution is 2.12. The van der Waals surface area contributed by atoms with Gasteiger partial charge in [0.2, 0.25) is 0 Å². The summed E-state index contributed by atoms with van der Waals surface area (Å²) in [6, 6.07) is 0.0295. The molecule has 1 aliphatic heterocycles. The average Bonchev–Trinajstić information content (AvgIpc) is 2.66. The molecule has 1 fully saturated rings. The smallest absolute Gasteiger partial charge is 0.409 e. The summed E-state index contributed by atoms with van der Waals surface area (Å²) in [5, 5.41) is 6.16. The van der Waals surface area contributed by atoms with Crippen molar-refractivity contribution in [2.24, 2.45) is 0 Å². The van der Waals surface area contributed by atoms with E-state index in [1.165, 1.54) is 19.0 Å². The molecule has 0 atom stereocenters. The highest BCUT2D eigenvalue weighted by molar-refractivity contribution is 5.92. The Bertz CT molecular complexity index is 571. The molecule has 0 bridgehead atoms. The van der Waals surface area contributed by atoms with Crippen LogP contribution in [0.5, 0.6) is 0 Å². The van der Waals surface area contributed by atoms with Crippen LogP contribution in [0.1, 0.15) is 56.4 Å². The van der Waals surface area contributed by atoms with Crippen LogP contribution >= 0.6 is 0 Å². The fourth-order valence-corrected chi connectivity index (χ4v) is 2.81. The maximum atomic E-state index is 12.3. The maximum absolute atomic E-state index is 12.3. The van der Waals surface area contributed by atoms with E-state index < -0.39 is 0 Å². The molecule has 2 heterocycles. The zero-order valence-electron chi connectivity index (χ0n) is 15.7. The molecule has 8 heteroatoms. The van der Waals surface area contributed by atoms with Crippen LogP contribution < -0.4 is 10.6 Å². The van der Waals surface area contributed by atoms with E-state index in [0.717, 1.165) is 13.0 Å². The molecule has 0 aliphatic carbocycles. The zero-order chi connectivity index (χ0) is 18.8. The van der Waals surface area contributed by atoms with Gasteiger partial charge in [0.05, 0.1) is 19.0 Å². The Morgan fingerprint density at radius 3 is 2.58 bits per heavy atom. The lowest BCUT2D eigenvalue weighted by atomic mass is 10.1. The van der Waals surface area contributed by atoms with Gasteiger partial charge in [-0.3, -0.25) is 4.79 Å². The number of hydrogen-bond acceptors (Lipinski definition) is 6. The van der Waals surface area contributed by atoms with E-state index in [-0.39, 0.29) is 18.0 Å². The molecule has 26 heavy (non-hydrogen) atoms. The van der Waals surface area contributed by atoms with Crippen LogP contribution in [0.2, 0.25) is 0 Å². The van der Waals surface area contributed by atoms with E-state index in [2.05, 4.69) is 27.5 Å². The van der Waals surface area contributed by atoms with Gasteiger partial charge in [0.25, 0.3) is 5.91 Å². The standard InChI is InChI=1S/C18H29N5O3/c1-3-5-6-9-19-16-13-20-15(12-21-16)17(24)22-14-7-10-23(11-8-14)18(25)26-4-2/h12-14H,3-11H2,1-2H3,(H,19,21)(H,22,24). The van der Waals surface area contributed by atoms with Gasteiger partial charge in [0, 0.05) is 25.7 Å². The number of aromatic nitrogens is 2. The summed E-state index contributed by atoms with van der Waals surface area (Å²) in [4.78, 5) is 34.1. The Labute approximate surface area is 154 Å². The number of nitrogens with zero attached hydrogens (tertiary/aromatic N) is 3. The molecule has 2 N–H and O–H groups in total. The molecule has 0 radical (unpaired) electrons. The molecule has 1 aromatic heterocycles. The lowest BCUT2D eigenvalue weighted by molar-refractivity contribution is 0.0856. The number of likely N-dealkylation sites (tertiary alicyclic amines) is 1. The van der Waals surface area contributed by atoms with Gasteiger partial charge in [-0.25, -0.2) is 14.8 Å². The highest BCUT2D eigenvalue weighted by Gasteiger charge is 2.25. The first kappa shape index (κ1) is 19.9. The van der Waals surface area contributed by atoms with Crippen molar-refractivity contribution >= 4 is 17.8 Å². The van der Waals surface area contributed by atoms with Crippen LogP contribution in [0.15, 0.2) is 12.4 Å². The third-order valence-electron chi connectivity index (χ3n) is 4.33. The van der Waals surface area contributed by atoms with Gasteiger partial charge in [0.15, 0.2) is 0 Å². The third-order valence-corrected chi connectivity index (χ3v) is 4.33. The van der Waals surface area contributed by atoms with E-state index in [9.17, 15) is 9.59 Å². The van der Waals surface area contributed by atoms with E-state index in [1.807, 2.05) is 0 Å². The van der Waals surface area contributed by atoms with Gasteiger partial charge >= 0.3 is 6.09 Å². The number of rotatable bonds is 8. The van der Waals surface area contributed by atoms with Gasteiger partial charge in [-0.2, -0.15) is 0 Å². The van der Waals surface area contributed by atoms with Crippen molar-refractivity contribution in [3.8, 4) is 0 Å². The minimum absolute atomic E-state index is 0.0295. The Morgan fingerprint density at radius 2 is 1.96 bits per heavy atom. The molecule has 1 aliphatic rings. The summed E-state index contributed by atoms with van der Waals surface area (Å²) in [5.74, 6) is 0.449. The van der Waals surface area contributed by atoms with Crippen molar-refractivity contribution in [2.75, 3.05) is 31.6 Å². The van der Waals surface area contributed by atoms with Crippen molar-refractivity contribution in [1.29, 1.82) is 0 Å². The maximum Gasteiger partial charge on any atom is 0.409 e. The minimum atomic E-state index is -0.287. The first-order chi connectivity index (χ1) is 12.6. The van der Waals surface area contributed by atoms with E-state index >= 15 is 0 Å². The van der Waals surface area contributed by atoms with E-state index in [0.29, 0.717) is 44.0 Å². The van der Waals surface area contributed by atoms with E-state index in [1.54, 1.807) is 18.0 Å². The quantitative estimate of drug-likeness (QED) is 0.689. The number of carbonyl (C=O) groups excluding carboxylic acids is 2. The summed E-state index contributed by atoms with van der Waals surface area (Å²) in [6.45, 7) is 6.34. The summed E-state index contributed by atoms with van der Waals surface area (Å²) in [7, 11) is 0. The Hall–Kier alpha value is -2.38. The number of carbonyl (C=O) groups is 2. The first-order valence-corrected chi connectivity index (χ1v) is 9.42.